The normalized spacial score (nSPS) is 17.7. The van der Waals surface area contributed by atoms with Crippen molar-refractivity contribution in [3.05, 3.63) is 17.0 Å². The lowest BCUT2D eigenvalue weighted by Gasteiger charge is -2.22. The highest BCUT2D eigenvalue weighted by molar-refractivity contribution is 5.89. The molecule has 0 aliphatic carbocycles. The van der Waals surface area contributed by atoms with Crippen molar-refractivity contribution in [1.82, 2.24) is 25.8 Å². The molecule has 8 heteroatoms. The minimum absolute atomic E-state index is 0.0669. The molecule has 2 rings (SSSR count). The van der Waals surface area contributed by atoms with E-state index < -0.39 is 6.04 Å². The molecule has 138 valence electrons. The van der Waals surface area contributed by atoms with Gasteiger partial charge in [-0.2, -0.15) is 10.2 Å². The molecule has 1 aromatic heterocycles. The van der Waals surface area contributed by atoms with Gasteiger partial charge in [0.25, 0.3) is 0 Å². The summed E-state index contributed by atoms with van der Waals surface area (Å²) in [6, 6.07) is -0.492. The summed E-state index contributed by atoms with van der Waals surface area (Å²) in [6.45, 7) is 8.27. The Labute approximate surface area is 148 Å². The number of hydrogen-bond donors (Lipinski definition) is 3. The Hall–Kier alpha value is -2.22. The summed E-state index contributed by atoms with van der Waals surface area (Å²) in [5.41, 5.74) is 5.34. The van der Waals surface area contributed by atoms with Crippen LogP contribution in [0, 0.1) is 13.8 Å². The predicted molar refractivity (Wildman–Crippen MR) is 96.4 cm³/mol. The third-order valence-electron chi connectivity index (χ3n) is 4.31. The second kappa shape index (κ2) is 9.31. The molecular weight excluding hydrogens is 320 g/mol. The summed E-state index contributed by atoms with van der Waals surface area (Å²) in [6.07, 6.45) is 5.15. The molecule has 0 saturated carbocycles. The Morgan fingerprint density at radius 2 is 2.20 bits per heavy atom. The van der Waals surface area contributed by atoms with Crippen molar-refractivity contribution in [3.8, 4) is 0 Å². The molecule has 0 unspecified atom stereocenters. The fourth-order valence-electron chi connectivity index (χ4n) is 2.84. The quantitative estimate of drug-likeness (QED) is 0.364. The third-order valence-corrected chi connectivity index (χ3v) is 4.31. The van der Waals surface area contributed by atoms with Gasteiger partial charge in [-0.05, 0) is 20.3 Å². The van der Waals surface area contributed by atoms with Crippen LogP contribution in [0.2, 0.25) is 0 Å². The molecule has 1 aliphatic heterocycles. The molecule has 2 heterocycles. The van der Waals surface area contributed by atoms with E-state index in [1.165, 1.54) is 12.8 Å². The smallest absolute Gasteiger partial charge is 0.242 e. The standard InChI is InChI=1S/C17H28N6O2/c1-4-5-6-9-23-13(3)14(12(2)22-23)11-20-21-16(24)10-15-17(25)19-8-7-18-15/h11,15,18H,4-10H2,1-3H3,(H,19,25)(H,21,24)/t15-/m0/s1. The fraction of sp³-hybridized carbons (Fsp3) is 0.647. The van der Waals surface area contributed by atoms with Crippen LogP contribution in [0.15, 0.2) is 5.10 Å². The van der Waals surface area contributed by atoms with Crippen molar-refractivity contribution in [2.45, 2.75) is 59.0 Å². The first kappa shape index (κ1) is 19.1. The lowest BCUT2D eigenvalue weighted by atomic mass is 10.1. The second-order valence-electron chi connectivity index (χ2n) is 6.31. The molecule has 1 fully saturated rings. The van der Waals surface area contributed by atoms with E-state index in [9.17, 15) is 9.59 Å². The van der Waals surface area contributed by atoms with Crippen LogP contribution in [0.5, 0.6) is 0 Å². The first-order valence-electron chi connectivity index (χ1n) is 8.90. The Morgan fingerprint density at radius 3 is 2.92 bits per heavy atom. The van der Waals surface area contributed by atoms with Crippen LogP contribution in [-0.4, -0.2) is 46.9 Å². The number of aryl methyl sites for hydroxylation is 2. The highest BCUT2D eigenvalue weighted by Crippen LogP contribution is 2.12. The molecule has 1 aromatic rings. The van der Waals surface area contributed by atoms with Gasteiger partial charge in [0.05, 0.1) is 24.4 Å². The summed E-state index contributed by atoms with van der Waals surface area (Å²) >= 11 is 0. The van der Waals surface area contributed by atoms with Crippen LogP contribution in [0.25, 0.3) is 0 Å². The first-order valence-corrected chi connectivity index (χ1v) is 8.90. The summed E-state index contributed by atoms with van der Waals surface area (Å²) in [7, 11) is 0. The number of carbonyl (C=O) groups is 2. The van der Waals surface area contributed by atoms with E-state index in [0.29, 0.717) is 13.1 Å². The summed E-state index contributed by atoms with van der Waals surface area (Å²) in [4.78, 5) is 23.6. The molecule has 1 saturated heterocycles. The van der Waals surface area contributed by atoms with Crippen molar-refractivity contribution in [1.29, 1.82) is 0 Å². The number of amides is 2. The maximum Gasteiger partial charge on any atom is 0.242 e. The van der Waals surface area contributed by atoms with Gasteiger partial charge in [-0.1, -0.05) is 19.8 Å². The number of aromatic nitrogens is 2. The van der Waals surface area contributed by atoms with Crippen molar-refractivity contribution in [2.24, 2.45) is 5.10 Å². The SMILES string of the molecule is CCCCCn1nc(C)c(C=NNC(=O)C[C@@H]2NCCNC2=O)c1C. The van der Waals surface area contributed by atoms with Gasteiger partial charge in [-0.15, -0.1) is 0 Å². The Kier molecular flexibility index (Phi) is 7.12. The maximum atomic E-state index is 11.9. The van der Waals surface area contributed by atoms with Crippen LogP contribution >= 0.6 is 0 Å². The van der Waals surface area contributed by atoms with E-state index in [2.05, 4.69) is 33.2 Å². The molecular formula is C17H28N6O2. The average molecular weight is 348 g/mol. The van der Waals surface area contributed by atoms with Crippen LogP contribution < -0.4 is 16.1 Å². The molecule has 25 heavy (non-hydrogen) atoms. The highest BCUT2D eigenvalue weighted by Gasteiger charge is 2.23. The first-order chi connectivity index (χ1) is 12.0. The van der Waals surface area contributed by atoms with Gasteiger partial charge in [0, 0.05) is 30.9 Å². The summed E-state index contributed by atoms with van der Waals surface area (Å²) < 4.78 is 1.99. The van der Waals surface area contributed by atoms with Gasteiger partial charge in [-0.25, -0.2) is 5.43 Å². The molecule has 0 radical (unpaired) electrons. The molecule has 3 N–H and O–H groups in total. The zero-order valence-corrected chi connectivity index (χ0v) is 15.3. The number of piperazine rings is 1. The zero-order chi connectivity index (χ0) is 18.2. The topological polar surface area (TPSA) is 100 Å². The number of nitrogens with one attached hydrogen (secondary N) is 3. The molecule has 1 aliphatic rings. The van der Waals surface area contributed by atoms with Gasteiger partial charge >= 0.3 is 0 Å². The van der Waals surface area contributed by atoms with E-state index in [0.717, 1.165) is 29.9 Å². The van der Waals surface area contributed by atoms with Crippen LogP contribution in [-0.2, 0) is 16.1 Å². The highest BCUT2D eigenvalue weighted by atomic mass is 16.2. The number of nitrogens with zero attached hydrogens (tertiary/aromatic N) is 3. The van der Waals surface area contributed by atoms with Crippen molar-refractivity contribution in [3.63, 3.8) is 0 Å². The van der Waals surface area contributed by atoms with E-state index >= 15 is 0 Å². The lowest BCUT2D eigenvalue weighted by molar-refractivity contribution is -0.129. The van der Waals surface area contributed by atoms with E-state index in [-0.39, 0.29) is 18.2 Å². The number of carbonyl (C=O) groups excluding carboxylic acids is 2. The van der Waals surface area contributed by atoms with Crippen LogP contribution in [0.4, 0.5) is 0 Å². The third kappa shape index (κ3) is 5.38. The minimum atomic E-state index is -0.492. The molecule has 0 spiro atoms. The van der Waals surface area contributed by atoms with Gasteiger partial charge in [0.1, 0.15) is 0 Å². The van der Waals surface area contributed by atoms with Crippen molar-refractivity contribution in [2.75, 3.05) is 13.1 Å². The number of rotatable bonds is 8. The number of unbranched alkanes of at least 4 members (excludes halogenated alkanes) is 2. The zero-order valence-electron chi connectivity index (χ0n) is 15.3. The monoisotopic (exact) mass is 348 g/mol. The predicted octanol–water partition coefficient (Wildman–Crippen LogP) is 0.618. The fourth-order valence-corrected chi connectivity index (χ4v) is 2.84. The van der Waals surface area contributed by atoms with Crippen LogP contribution in [0.1, 0.15) is 49.6 Å². The molecule has 0 bridgehead atoms. The second-order valence-corrected chi connectivity index (χ2v) is 6.31. The van der Waals surface area contributed by atoms with Gasteiger partial charge in [0.15, 0.2) is 0 Å². The van der Waals surface area contributed by atoms with Gasteiger partial charge in [-0.3, -0.25) is 14.3 Å². The Balaban J connectivity index is 1.88. The van der Waals surface area contributed by atoms with E-state index in [1.807, 2.05) is 18.5 Å². The molecule has 2 amide bonds. The van der Waals surface area contributed by atoms with E-state index in [4.69, 9.17) is 0 Å². The van der Waals surface area contributed by atoms with E-state index in [1.54, 1.807) is 6.21 Å². The van der Waals surface area contributed by atoms with Gasteiger partial charge < -0.3 is 10.6 Å². The number of hydrazone groups is 1. The van der Waals surface area contributed by atoms with Gasteiger partial charge in [0.2, 0.25) is 11.8 Å². The Morgan fingerprint density at radius 1 is 1.40 bits per heavy atom. The number of hydrogen-bond acceptors (Lipinski definition) is 5. The summed E-state index contributed by atoms with van der Waals surface area (Å²) in [5.74, 6) is -0.443. The van der Waals surface area contributed by atoms with Crippen molar-refractivity contribution >= 4 is 18.0 Å². The van der Waals surface area contributed by atoms with Crippen LogP contribution in [0.3, 0.4) is 0 Å². The molecule has 0 aromatic carbocycles. The average Bonchev–Trinajstić information content (AvgIpc) is 2.85. The Bertz CT molecular complexity index is 637. The lowest BCUT2D eigenvalue weighted by Crippen LogP contribution is -2.54. The maximum absolute atomic E-state index is 11.9. The largest absolute Gasteiger partial charge is 0.353 e. The van der Waals surface area contributed by atoms with Crippen molar-refractivity contribution < 1.29 is 9.59 Å². The summed E-state index contributed by atoms with van der Waals surface area (Å²) in [5, 5.41) is 14.3. The molecule has 8 nitrogen and oxygen atoms in total. The molecule has 1 atom stereocenters. The minimum Gasteiger partial charge on any atom is -0.353 e.